The van der Waals surface area contributed by atoms with E-state index in [-0.39, 0.29) is 17.1 Å². The summed E-state index contributed by atoms with van der Waals surface area (Å²) >= 11 is 1.31. The second kappa shape index (κ2) is 10.2. The molecule has 2 heterocycles. The average molecular weight is 462 g/mol. The predicted octanol–water partition coefficient (Wildman–Crippen LogP) is 4.48. The summed E-state index contributed by atoms with van der Waals surface area (Å²) in [6, 6.07) is 19.1. The van der Waals surface area contributed by atoms with Gasteiger partial charge < -0.3 is 9.30 Å². The lowest BCUT2D eigenvalue weighted by molar-refractivity contribution is 0.102. The average Bonchev–Trinajstić information content (AvgIpc) is 3.12. The van der Waals surface area contributed by atoms with Crippen molar-refractivity contribution >= 4 is 28.4 Å². The van der Waals surface area contributed by atoms with E-state index in [9.17, 15) is 9.59 Å². The molecule has 0 amide bonds. The molecule has 2 aromatic heterocycles. The molecule has 0 spiro atoms. The van der Waals surface area contributed by atoms with E-state index >= 15 is 0 Å². The van der Waals surface area contributed by atoms with Crippen molar-refractivity contribution in [1.82, 2.24) is 14.1 Å². The number of aromatic nitrogens is 3. The van der Waals surface area contributed by atoms with Crippen molar-refractivity contribution < 1.29 is 9.53 Å². The summed E-state index contributed by atoms with van der Waals surface area (Å²) in [5.74, 6) is 0.221. The van der Waals surface area contributed by atoms with Crippen LogP contribution in [0.4, 0.5) is 0 Å². The number of carbonyl (C=O) groups excluding carboxylic acids is 1. The summed E-state index contributed by atoms with van der Waals surface area (Å²) in [5.41, 5.74) is 4.21. The predicted molar refractivity (Wildman–Crippen MR) is 132 cm³/mol. The zero-order valence-electron chi connectivity index (χ0n) is 19.1. The first-order chi connectivity index (χ1) is 16.0. The minimum Gasteiger partial charge on any atom is -0.383 e. The summed E-state index contributed by atoms with van der Waals surface area (Å²) < 4.78 is 8.95. The normalized spacial score (nSPS) is 11.2. The van der Waals surface area contributed by atoms with Gasteiger partial charge in [-0.3, -0.25) is 14.2 Å². The summed E-state index contributed by atoms with van der Waals surface area (Å²) in [4.78, 5) is 31.1. The molecule has 0 unspecified atom stereocenters. The molecule has 0 bridgehead atoms. The van der Waals surface area contributed by atoms with Gasteiger partial charge in [-0.25, -0.2) is 4.98 Å². The molecular formula is C26H27N3O3S. The topological polar surface area (TPSA) is 66.1 Å². The molecule has 4 rings (SSSR count). The van der Waals surface area contributed by atoms with Crippen molar-refractivity contribution in [2.24, 2.45) is 0 Å². The largest absolute Gasteiger partial charge is 0.383 e. The summed E-state index contributed by atoms with van der Waals surface area (Å²) in [7, 11) is 1.67. The van der Waals surface area contributed by atoms with Gasteiger partial charge in [0.1, 0.15) is 0 Å². The van der Waals surface area contributed by atoms with Crippen LogP contribution >= 0.6 is 11.8 Å². The molecule has 4 aromatic rings. The maximum Gasteiger partial charge on any atom is 0.262 e. The van der Waals surface area contributed by atoms with E-state index in [4.69, 9.17) is 9.72 Å². The number of ether oxygens (including phenoxy) is 1. The highest BCUT2D eigenvalue weighted by Crippen LogP contribution is 2.23. The minimum absolute atomic E-state index is 0.0189. The van der Waals surface area contributed by atoms with Gasteiger partial charge in [0, 0.05) is 30.6 Å². The number of thioether (sulfide) groups is 1. The number of para-hydroxylation sites is 1. The Morgan fingerprint density at radius 3 is 2.52 bits per heavy atom. The van der Waals surface area contributed by atoms with E-state index in [0.29, 0.717) is 41.3 Å². The summed E-state index contributed by atoms with van der Waals surface area (Å²) in [5, 5.41) is 1.12. The molecule has 0 fully saturated rings. The van der Waals surface area contributed by atoms with Crippen molar-refractivity contribution in [1.29, 1.82) is 0 Å². The molecule has 0 saturated heterocycles. The van der Waals surface area contributed by atoms with Crippen molar-refractivity contribution in [3.05, 3.63) is 93.5 Å². The minimum atomic E-state index is -0.0999. The number of aryl methyl sites for hydroxylation is 1. The fourth-order valence-electron chi connectivity index (χ4n) is 3.98. The molecule has 0 atom stereocenters. The monoisotopic (exact) mass is 461 g/mol. The molecular weight excluding hydrogens is 434 g/mol. The Balaban J connectivity index is 1.64. The third-order valence-corrected chi connectivity index (χ3v) is 6.71. The molecule has 2 aromatic carbocycles. The number of benzene rings is 2. The number of ketones is 1. The molecule has 170 valence electrons. The zero-order chi connectivity index (χ0) is 23.4. The van der Waals surface area contributed by atoms with Gasteiger partial charge >= 0.3 is 0 Å². The van der Waals surface area contributed by atoms with E-state index in [0.717, 1.165) is 17.0 Å². The van der Waals surface area contributed by atoms with Crippen molar-refractivity contribution in [2.45, 2.75) is 32.1 Å². The third-order valence-electron chi connectivity index (χ3n) is 5.74. The van der Waals surface area contributed by atoms with Gasteiger partial charge in [0.2, 0.25) is 0 Å². The molecule has 0 N–H and O–H groups in total. The maximum atomic E-state index is 13.3. The number of hydrogen-bond donors (Lipinski definition) is 0. The Bertz CT molecular complexity index is 1340. The summed E-state index contributed by atoms with van der Waals surface area (Å²) in [6.45, 7) is 5.65. The van der Waals surface area contributed by atoms with Crippen LogP contribution in [-0.4, -0.2) is 39.4 Å². The van der Waals surface area contributed by atoms with Gasteiger partial charge in [0.25, 0.3) is 5.56 Å². The molecule has 6 nitrogen and oxygen atoms in total. The molecule has 0 aliphatic carbocycles. The van der Waals surface area contributed by atoms with E-state index in [1.165, 1.54) is 11.8 Å². The van der Waals surface area contributed by atoms with Crippen LogP contribution in [0.5, 0.6) is 0 Å². The lowest BCUT2D eigenvalue weighted by Crippen LogP contribution is -2.24. The number of rotatable bonds is 9. The lowest BCUT2D eigenvalue weighted by Gasteiger charge is -2.13. The highest BCUT2D eigenvalue weighted by molar-refractivity contribution is 7.99. The first kappa shape index (κ1) is 23.0. The van der Waals surface area contributed by atoms with Gasteiger partial charge in [0.05, 0.1) is 29.8 Å². The first-order valence-electron chi connectivity index (χ1n) is 10.8. The van der Waals surface area contributed by atoms with Crippen molar-refractivity contribution in [3.63, 3.8) is 0 Å². The van der Waals surface area contributed by atoms with Crippen LogP contribution in [0.15, 0.2) is 70.6 Å². The van der Waals surface area contributed by atoms with Crippen LogP contribution in [0.1, 0.15) is 27.3 Å². The number of Topliss-reactive ketones (excluding diaryl/α,β-unsaturated/α-hetero) is 1. The Hall–Kier alpha value is -3.16. The Kier molecular flexibility index (Phi) is 7.11. The van der Waals surface area contributed by atoms with Gasteiger partial charge in [-0.15, -0.1) is 0 Å². The molecule has 0 radical (unpaired) electrons. The smallest absolute Gasteiger partial charge is 0.262 e. The van der Waals surface area contributed by atoms with E-state index in [1.807, 2.05) is 68.4 Å². The van der Waals surface area contributed by atoms with E-state index in [2.05, 4.69) is 4.57 Å². The zero-order valence-corrected chi connectivity index (χ0v) is 19.9. The van der Waals surface area contributed by atoms with Crippen molar-refractivity contribution in [2.75, 3.05) is 19.5 Å². The highest BCUT2D eigenvalue weighted by Gasteiger charge is 2.18. The van der Waals surface area contributed by atoms with Gasteiger partial charge in [-0.2, -0.15) is 0 Å². The Labute approximate surface area is 197 Å². The number of carbonyl (C=O) groups is 1. The lowest BCUT2D eigenvalue weighted by atomic mass is 10.2. The fourth-order valence-corrected chi connectivity index (χ4v) is 4.86. The molecule has 0 aliphatic rings. The molecule has 7 heteroatoms. The summed E-state index contributed by atoms with van der Waals surface area (Å²) in [6.07, 6.45) is 0. The van der Waals surface area contributed by atoms with Gasteiger partial charge in [-0.05, 0) is 37.6 Å². The Morgan fingerprint density at radius 2 is 1.76 bits per heavy atom. The molecule has 0 saturated carbocycles. The SMILES string of the molecule is COCCn1c(C)cc(C(=O)CSc2nc3ccccc3c(=O)n2Cc2ccccc2)c1C. The number of hydrogen-bond acceptors (Lipinski definition) is 5. The van der Waals surface area contributed by atoms with Crippen LogP contribution < -0.4 is 5.56 Å². The Morgan fingerprint density at radius 1 is 1.03 bits per heavy atom. The van der Waals surface area contributed by atoms with Crippen LogP contribution in [0.2, 0.25) is 0 Å². The maximum absolute atomic E-state index is 13.3. The standard InChI is InChI=1S/C26H27N3O3S/c1-18-15-22(19(2)28(18)13-14-32-3)24(30)17-33-26-27-23-12-8-7-11-21(23)25(31)29(26)16-20-9-5-4-6-10-20/h4-12,15H,13-14,16-17H2,1-3H3. The van der Waals surface area contributed by atoms with Crippen LogP contribution in [0.25, 0.3) is 10.9 Å². The van der Waals surface area contributed by atoms with Gasteiger partial charge in [-0.1, -0.05) is 54.2 Å². The molecule has 0 aliphatic heterocycles. The fraction of sp³-hybridized carbons (Fsp3) is 0.269. The quantitative estimate of drug-likeness (QED) is 0.209. The number of fused-ring (bicyclic) bond motifs is 1. The number of nitrogens with zero attached hydrogens (tertiary/aromatic N) is 3. The van der Waals surface area contributed by atoms with E-state index < -0.39 is 0 Å². The third kappa shape index (κ3) is 4.94. The van der Waals surface area contributed by atoms with E-state index in [1.54, 1.807) is 17.7 Å². The van der Waals surface area contributed by atoms with Crippen molar-refractivity contribution in [3.8, 4) is 0 Å². The van der Waals surface area contributed by atoms with Crippen LogP contribution in [-0.2, 0) is 17.8 Å². The van der Waals surface area contributed by atoms with Crippen LogP contribution in [0.3, 0.4) is 0 Å². The van der Waals surface area contributed by atoms with Gasteiger partial charge in [0.15, 0.2) is 10.9 Å². The second-order valence-corrected chi connectivity index (χ2v) is 8.87. The number of methoxy groups -OCH3 is 1. The molecule has 33 heavy (non-hydrogen) atoms. The first-order valence-corrected chi connectivity index (χ1v) is 11.8. The second-order valence-electron chi connectivity index (χ2n) is 7.93. The van der Waals surface area contributed by atoms with Crippen LogP contribution in [0, 0.1) is 13.8 Å². The highest BCUT2D eigenvalue weighted by atomic mass is 32.2.